The molecule has 0 unspecified atom stereocenters. The molecule has 4 heteroatoms. The fourth-order valence-corrected chi connectivity index (χ4v) is 1.84. The largest absolute Gasteiger partial charge is 0.388 e. The Bertz CT molecular complexity index is 335. The van der Waals surface area contributed by atoms with Crippen molar-refractivity contribution in [1.82, 2.24) is 4.90 Å². The fourth-order valence-electron chi connectivity index (χ4n) is 1.48. The molecule has 3 nitrogen and oxygen atoms in total. The van der Waals surface area contributed by atoms with Gasteiger partial charge in [0.15, 0.2) is 0 Å². The van der Waals surface area contributed by atoms with Crippen LogP contribution >= 0.6 is 22.6 Å². The first kappa shape index (κ1) is 13.4. The van der Waals surface area contributed by atoms with Crippen LogP contribution in [0.4, 0.5) is 0 Å². The lowest BCUT2D eigenvalue weighted by molar-refractivity contribution is 0.288. The zero-order chi connectivity index (χ0) is 12.0. The molecule has 0 saturated heterocycles. The Morgan fingerprint density at radius 1 is 1.38 bits per heavy atom. The second-order valence-corrected chi connectivity index (χ2v) is 5.02. The molecule has 0 aromatic heterocycles. The van der Waals surface area contributed by atoms with Crippen molar-refractivity contribution in [2.45, 2.75) is 19.9 Å². The van der Waals surface area contributed by atoms with Crippen LogP contribution in [0.15, 0.2) is 24.3 Å². The van der Waals surface area contributed by atoms with Crippen LogP contribution in [-0.2, 0) is 6.54 Å². The molecule has 1 rings (SSSR count). The molecule has 88 valence electrons. The monoisotopic (exact) mass is 331 g/mol. The summed E-state index contributed by atoms with van der Waals surface area (Å²) in [5.74, 6) is 0.265. The summed E-state index contributed by atoms with van der Waals surface area (Å²) < 4.78 is 1.26. The maximum absolute atomic E-state index is 7.22. The predicted molar refractivity (Wildman–Crippen MR) is 76.6 cm³/mol. The van der Waals surface area contributed by atoms with Crippen LogP contribution in [-0.4, -0.2) is 23.8 Å². The molecule has 1 aromatic carbocycles. The Morgan fingerprint density at radius 3 is 2.50 bits per heavy atom. The fraction of sp³-hybridized carbons (Fsp3) is 0.417. The lowest BCUT2D eigenvalue weighted by Crippen LogP contribution is -2.27. The van der Waals surface area contributed by atoms with Gasteiger partial charge in [0.25, 0.3) is 0 Å². The van der Waals surface area contributed by atoms with E-state index in [1.165, 1.54) is 9.13 Å². The maximum atomic E-state index is 7.22. The van der Waals surface area contributed by atoms with Crippen LogP contribution in [0.3, 0.4) is 0 Å². The molecule has 16 heavy (non-hydrogen) atoms. The highest BCUT2D eigenvalue weighted by molar-refractivity contribution is 14.1. The number of hydrogen-bond donors (Lipinski definition) is 2. The van der Waals surface area contributed by atoms with E-state index in [0.717, 1.165) is 19.6 Å². The highest BCUT2D eigenvalue weighted by Crippen LogP contribution is 2.09. The lowest BCUT2D eigenvalue weighted by Gasteiger charge is -2.20. The van der Waals surface area contributed by atoms with E-state index in [1.807, 2.05) is 0 Å². The van der Waals surface area contributed by atoms with Gasteiger partial charge in [0, 0.05) is 23.1 Å². The van der Waals surface area contributed by atoms with Crippen LogP contribution in [0.25, 0.3) is 0 Å². The zero-order valence-corrected chi connectivity index (χ0v) is 11.7. The van der Waals surface area contributed by atoms with Crippen LogP contribution in [0.5, 0.6) is 0 Å². The van der Waals surface area contributed by atoms with Crippen molar-refractivity contribution in [1.29, 1.82) is 5.41 Å². The van der Waals surface area contributed by atoms with Gasteiger partial charge >= 0.3 is 0 Å². The zero-order valence-electron chi connectivity index (χ0n) is 9.54. The van der Waals surface area contributed by atoms with Crippen molar-refractivity contribution < 1.29 is 0 Å². The summed E-state index contributed by atoms with van der Waals surface area (Å²) in [5, 5.41) is 7.22. The lowest BCUT2D eigenvalue weighted by atomic mass is 10.2. The van der Waals surface area contributed by atoms with Crippen LogP contribution in [0.1, 0.15) is 18.9 Å². The molecular weight excluding hydrogens is 313 g/mol. The van der Waals surface area contributed by atoms with Gasteiger partial charge in [-0.05, 0) is 46.8 Å². The van der Waals surface area contributed by atoms with Crippen molar-refractivity contribution >= 4 is 28.4 Å². The summed E-state index contributed by atoms with van der Waals surface area (Å²) in [4.78, 5) is 2.30. The summed E-state index contributed by atoms with van der Waals surface area (Å²) in [5.41, 5.74) is 6.68. The van der Waals surface area contributed by atoms with Crippen molar-refractivity contribution in [3.05, 3.63) is 33.4 Å². The summed E-state index contributed by atoms with van der Waals surface area (Å²) in [6.07, 6.45) is 0.651. The quantitative estimate of drug-likeness (QED) is 0.478. The molecule has 3 N–H and O–H groups in total. The molecule has 0 amide bonds. The summed E-state index contributed by atoms with van der Waals surface area (Å²) in [7, 11) is 0. The SMILES string of the molecule is CCN(CCC(=N)N)Cc1ccc(I)cc1. The Kier molecular flexibility index (Phi) is 5.76. The van der Waals surface area contributed by atoms with E-state index >= 15 is 0 Å². The highest BCUT2D eigenvalue weighted by atomic mass is 127. The van der Waals surface area contributed by atoms with Gasteiger partial charge in [-0.3, -0.25) is 10.3 Å². The van der Waals surface area contributed by atoms with E-state index in [2.05, 4.69) is 58.7 Å². The summed E-state index contributed by atoms with van der Waals surface area (Å²) in [6.45, 7) is 4.91. The topological polar surface area (TPSA) is 53.1 Å². The third-order valence-corrected chi connectivity index (χ3v) is 3.18. The molecule has 1 aromatic rings. The molecule has 0 radical (unpaired) electrons. The number of rotatable bonds is 6. The molecule has 0 spiro atoms. The standard InChI is InChI=1S/C12H18IN3/c1-2-16(8-7-12(14)15)9-10-3-5-11(13)6-4-10/h3-6H,2,7-9H2,1H3,(H3,14,15). The van der Waals surface area contributed by atoms with E-state index < -0.39 is 0 Å². The smallest absolute Gasteiger partial charge is 0.0918 e. The second kappa shape index (κ2) is 6.85. The van der Waals surface area contributed by atoms with Crippen LogP contribution in [0, 0.1) is 8.98 Å². The molecule has 0 aliphatic heterocycles. The van der Waals surface area contributed by atoms with Gasteiger partial charge in [-0.15, -0.1) is 0 Å². The second-order valence-electron chi connectivity index (χ2n) is 3.77. The van der Waals surface area contributed by atoms with E-state index in [0.29, 0.717) is 6.42 Å². The third kappa shape index (κ3) is 4.94. The van der Waals surface area contributed by atoms with Gasteiger partial charge in [-0.25, -0.2) is 0 Å². The average molecular weight is 331 g/mol. The minimum Gasteiger partial charge on any atom is -0.388 e. The molecule has 0 bridgehead atoms. The Morgan fingerprint density at radius 2 is 2.00 bits per heavy atom. The van der Waals surface area contributed by atoms with Gasteiger partial charge in [0.05, 0.1) is 5.84 Å². The third-order valence-electron chi connectivity index (χ3n) is 2.46. The van der Waals surface area contributed by atoms with Crippen LogP contribution in [0.2, 0.25) is 0 Å². The molecule has 0 aliphatic carbocycles. The Hall–Kier alpha value is -0.620. The van der Waals surface area contributed by atoms with Gasteiger partial charge < -0.3 is 5.73 Å². The minimum atomic E-state index is 0.265. The van der Waals surface area contributed by atoms with E-state index in [4.69, 9.17) is 11.1 Å². The Balaban J connectivity index is 2.49. The van der Waals surface area contributed by atoms with Gasteiger partial charge in [0.1, 0.15) is 0 Å². The number of benzene rings is 1. The minimum absolute atomic E-state index is 0.265. The first-order valence-electron chi connectivity index (χ1n) is 5.41. The highest BCUT2D eigenvalue weighted by Gasteiger charge is 2.04. The van der Waals surface area contributed by atoms with E-state index in [1.54, 1.807) is 0 Å². The average Bonchev–Trinajstić information content (AvgIpc) is 2.26. The van der Waals surface area contributed by atoms with Crippen molar-refractivity contribution in [3.63, 3.8) is 0 Å². The number of hydrogen-bond acceptors (Lipinski definition) is 2. The molecule has 0 saturated carbocycles. The van der Waals surface area contributed by atoms with E-state index in [-0.39, 0.29) is 5.84 Å². The molecular formula is C12H18IN3. The molecule has 0 heterocycles. The van der Waals surface area contributed by atoms with E-state index in [9.17, 15) is 0 Å². The van der Waals surface area contributed by atoms with Crippen molar-refractivity contribution in [2.24, 2.45) is 5.73 Å². The maximum Gasteiger partial charge on any atom is 0.0918 e. The number of halogens is 1. The Labute approximate surface area is 111 Å². The van der Waals surface area contributed by atoms with Gasteiger partial charge in [-0.2, -0.15) is 0 Å². The van der Waals surface area contributed by atoms with Crippen molar-refractivity contribution in [2.75, 3.05) is 13.1 Å². The normalized spacial score (nSPS) is 10.7. The molecule has 0 atom stereocenters. The number of nitrogens with one attached hydrogen (secondary N) is 1. The summed E-state index contributed by atoms with van der Waals surface area (Å²) in [6, 6.07) is 8.54. The van der Waals surface area contributed by atoms with Gasteiger partial charge in [-0.1, -0.05) is 19.1 Å². The van der Waals surface area contributed by atoms with Crippen LogP contribution < -0.4 is 5.73 Å². The van der Waals surface area contributed by atoms with Crippen molar-refractivity contribution in [3.8, 4) is 0 Å². The van der Waals surface area contributed by atoms with Gasteiger partial charge in [0.2, 0.25) is 0 Å². The number of amidine groups is 1. The predicted octanol–water partition coefficient (Wildman–Crippen LogP) is 2.44. The number of nitrogens with two attached hydrogens (primary N) is 1. The summed E-state index contributed by atoms with van der Waals surface area (Å²) >= 11 is 2.31. The molecule has 0 aliphatic rings. The molecule has 0 fully saturated rings. The number of nitrogens with zero attached hydrogens (tertiary/aromatic N) is 1. The first-order valence-corrected chi connectivity index (χ1v) is 6.49. The first-order chi connectivity index (χ1) is 7.61.